The van der Waals surface area contributed by atoms with Gasteiger partial charge in [-0.1, -0.05) is 0 Å². The minimum atomic E-state index is 0.0258. The fraction of sp³-hybridized carbons (Fsp3) is 0.417. The number of hydrogen-bond acceptors (Lipinski definition) is 6. The van der Waals surface area contributed by atoms with E-state index in [0.717, 1.165) is 5.56 Å². The number of nitrogen functional groups attached to an aromatic ring is 1. The molecule has 0 saturated heterocycles. The summed E-state index contributed by atoms with van der Waals surface area (Å²) in [6.45, 7) is 2.53. The summed E-state index contributed by atoms with van der Waals surface area (Å²) < 4.78 is 12.0. The standard InChI is InChI=1S/C12H17N5O2/c1-8(18-2)7-17-12(14-15-16-17)9-4-5-11(19-3)10(13)6-9/h4-6,8H,7,13H2,1-3H3. The molecule has 2 rings (SSSR count). The van der Waals surface area contributed by atoms with Gasteiger partial charge < -0.3 is 15.2 Å². The van der Waals surface area contributed by atoms with Gasteiger partial charge in [0, 0.05) is 12.7 Å². The Bertz CT molecular complexity index is 555. The van der Waals surface area contributed by atoms with Crippen LogP contribution in [0, 0.1) is 0 Å². The molecule has 0 fully saturated rings. The first-order valence-electron chi connectivity index (χ1n) is 5.88. The van der Waals surface area contributed by atoms with Crippen LogP contribution in [0.2, 0.25) is 0 Å². The van der Waals surface area contributed by atoms with E-state index in [-0.39, 0.29) is 6.10 Å². The molecule has 0 aliphatic carbocycles. The van der Waals surface area contributed by atoms with Crippen molar-refractivity contribution in [2.24, 2.45) is 0 Å². The molecule has 1 unspecified atom stereocenters. The molecule has 2 aromatic rings. The summed E-state index contributed by atoms with van der Waals surface area (Å²) in [6, 6.07) is 5.46. The lowest BCUT2D eigenvalue weighted by Gasteiger charge is -2.11. The van der Waals surface area contributed by atoms with Crippen LogP contribution in [-0.2, 0) is 11.3 Å². The molecule has 102 valence electrons. The molecule has 2 N–H and O–H groups in total. The molecule has 1 aromatic heterocycles. The molecule has 19 heavy (non-hydrogen) atoms. The molecule has 0 saturated carbocycles. The summed E-state index contributed by atoms with van der Waals surface area (Å²) >= 11 is 0. The van der Waals surface area contributed by atoms with Crippen LogP contribution >= 0.6 is 0 Å². The smallest absolute Gasteiger partial charge is 0.182 e. The van der Waals surface area contributed by atoms with Crippen molar-refractivity contribution in [3.8, 4) is 17.1 Å². The Morgan fingerprint density at radius 2 is 2.16 bits per heavy atom. The third-order valence-corrected chi connectivity index (χ3v) is 2.85. The zero-order chi connectivity index (χ0) is 13.8. The summed E-state index contributed by atoms with van der Waals surface area (Å²) in [7, 11) is 3.23. The maximum Gasteiger partial charge on any atom is 0.182 e. The average molecular weight is 263 g/mol. The first kappa shape index (κ1) is 13.3. The van der Waals surface area contributed by atoms with E-state index >= 15 is 0 Å². The normalized spacial score (nSPS) is 12.4. The van der Waals surface area contributed by atoms with Crippen LogP contribution in [0.5, 0.6) is 5.75 Å². The van der Waals surface area contributed by atoms with E-state index in [1.807, 2.05) is 13.0 Å². The third-order valence-electron chi connectivity index (χ3n) is 2.85. The number of hydrogen-bond donors (Lipinski definition) is 1. The molecule has 1 atom stereocenters. The number of ether oxygens (including phenoxy) is 2. The van der Waals surface area contributed by atoms with E-state index in [9.17, 15) is 0 Å². The summed E-state index contributed by atoms with van der Waals surface area (Å²) in [5.41, 5.74) is 7.28. The van der Waals surface area contributed by atoms with E-state index in [4.69, 9.17) is 15.2 Å². The maximum atomic E-state index is 5.89. The van der Waals surface area contributed by atoms with Gasteiger partial charge in [0.05, 0.1) is 25.4 Å². The summed E-state index contributed by atoms with van der Waals surface area (Å²) in [5, 5.41) is 11.7. The number of tetrazole rings is 1. The highest BCUT2D eigenvalue weighted by Crippen LogP contribution is 2.26. The predicted molar refractivity (Wildman–Crippen MR) is 70.7 cm³/mol. The van der Waals surface area contributed by atoms with Crippen LogP contribution in [0.4, 0.5) is 5.69 Å². The number of methoxy groups -OCH3 is 2. The SMILES string of the molecule is COc1ccc(-c2nnnn2CC(C)OC)cc1N. The van der Waals surface area contributed by atoms with Crippen molar-refractivity contribution in [1.82, 2.24) is 20.2 Å². The van der Waals surface area contributed by atoms with Crippen molar-refractivity contribution < 1.29 is 9.47 Å². The lowest BCUT2D eigenvalue weighted by Crippen LogP contribution is -2.16. The minimum Gasteiger partial charge on any atom is -0.495 e. The Labute approximate surface area is 111 Å². The van der Waals surface area contributed by atoms with Crippen LogP contribution in [0.1, 0.15) is 6.92 Å². The molecule has 0 aliphatic heterocycles. The molecule has 7 heteroatoms. The predicted octanol–water partition coefficient (Wildman–Crippen LogP) is 0.966. The van der Waals surface area contributed by atoms with Gasteiger partial charge in [0.1, 0.15) is 5.75 Å². The Hall–Kier alpha value is -2.15. The van der Waals surface area contributed by atoms with Crippen LogP contribution in [0.15, 0.2) is 18.2 Å². The Balaban J connectivity index is 2.32. The monoisotopic (exact) mass is 263 g/mol. The van der Waals surface area contributed by atoms with Gasteiger partial charge in [0.2, 0.25) is 0 Å². The topological polar surface area (TPSA) is 88.1 Å². The first-order valence-corrected chi connectivity index (χ1v) is 5.88. The Morgan fingerprint density at radius 1 is 1.37 bits per heavy atom. The molecule has 0 amide bonds. The lowest BCUT2D eigenvalue weighted by molar-refractivity contribution is 0.0997. The fourth-order valence-corrected chi connectivity index (χ4v) is 1.73. The Morgan fingerprint density at radius 3 is 2.79 bits per heavy atom. The second-order valence-corrected chi connectivity index (χ2v) is 4.19. The largest absolute Gasteiger partial charge is 0.495 e. The third kappa shape index (κ3) is 2.82. The molecule has 1 aromatic carbocycles. The highest BCUT2D eigenvalue weighted by Gasteiger charge is 2.13. The van der Waals surface area contributed by atoms with Crippen molar-refractivity contribution in [2.75, 3.05) is 20.0 Å². The zero-order valence-electron chi connectivity index (χ0n) is 11.2. The van der Waals surface area contributed by atoms with E-state index in [1.165, 1.54) is 0 Å². The van der Waals surface area contributed by atoms with Gasteiger partial charge in [-0.25, -0.2) is 4.68 Å². The fourth-order valence-electron chi connectivity index (χ4n) is 1.73. The van der Waals surface area contributed by atoms with E-state index in [0.29, 0.717) is 23.8 Å². The van der Waals surface area contributed by atoms with Crippen molar-refractivity contribution >= 4 is 5.69 Å². The second-order valence-electron chi connectivity index (χ2n) is 4.19. The number of nitrogens with zero attached hydrogens (tertiary/aromatic N) is 4. The molecule has 0 bridgehead atoms. The van der Waals surface area contributed by atoms with Crippen LogP contribution in [-0.4, -0.2) is 40.5 Å². The Kier molecular flexibility index (Phi) is 3.96. The molecule has 7 nitrogen and oxygen atoms in total. The zero-order valence-corrected chi connectivity index (χ0v) is 11.2. The van der Waals surface area contributed by atoms with Crippen LogP contribution < -0.4 is 10.5 Å². The molecule has 0 aliphatic rings. The van der Waals surface area contributed by atoms with Gasteiger partial charge in [-0.2, -0.15) is 0 Å². The van der Waals surface area contributed by atoms with Crippen molar-refractivity contribution in [2.45, 2.75) is 19.6 Å². The van der Waals surface area contributed by atoms with Crippen molar-refractivity contribution in [3.63, 3.8) is 0 Å². The second kappa shape index (κ2) is 5.66. The van der Waals surface area contributed by atoms with Gasteiger partial charge in [-0.3, -0.25) is 0 Å². The lowest BCUT2D eigenvalue weighted by atomic mass is 10.1. The highest BCUT2D eigenvalue weighted by atomic mass is 16.5. The summed E-state index contributed by atoms with van der Waals surface area (Å²) in [5.74, 6) is 1.28. The molecule has 0 spiro atoms. The number of nitrogens with two attached hydrogens (primary N) is 1. The van der Waals surface area contributed by atoms with Gasteiger partial charge in [0.15, 0.2) is 5.82 Å². The minimum absolute atomic E-state index is 0.0258. The van der Waals surface area contributed by atoms with Gasteiger partial charge in [0.25, 0.3) is 0 Å². The number of rotatable bonds is 5. The van der Waals surface area contributed by atoms with Gasteiger partial charge in [-0.05, 0) is 35.5 Å². The number of aromatic nitrogens is 4. The van der Waals surface area contributed by atoms with Gasteiger partial charge in [-0.15, -0.1) is 5.10 Å². The quantitative estimate of drug-likeness (QED) is 0.808. The molecular formula is C12H17N5O2. The highest BCUT2D eigenvalue weighted by molar-refractivity contribution is 5.66. The first-order chi connectivity index (χ1) is 9.15. The molecule has 0 radical (unpaired) electrons. The van der Waals surface area contributed by atoms with Gasteiger partial charge >= 0.3 is 0 Å². The molecular weight excluding hydrogens is 246 g/mol. The molecule has 1 heterocycles. The summed E-state index contributed by atoms with van der Waals surface area (Å²) in [6.07, 6.45) is 0.0258. The van der Waals surface area contributed by atoms with Crippen LogP contribution in [0.3, 0.4) is 0 Å². The number of anilines is 1. The average Bonchev–Trinajstić information content (AvgIpc) is 2.86. The van der Waals surface area contributed by atoms with E-state index < -0.39 is 0 Å². The van der Waals surface area contributed by atoms with Crippen molar-refractivity contribution in [1.29, 1.82) is 0 Å². The number of benzene rings is 1. The van der Waals surface area contributed by atoms with Crippen LogP contribution in [0.25, 0.3) is 11.4 Å². The van der Waals surface area contributed by atoms with E-state index in [2.05, 4.69) is 15.5 Å². The van der Waals surface area contributed by atoms with E-state index in [1.54, 1.807) is 31.0 Å². The maximum absolute atomic E-state index is 5.89. The van der Waals surface area contributed by atoms with Crippen molar-refractivity contribution in [3.05, 3.63) is 18.2 Å². The summed E-state index contributed by atoms with van der Waals surface area (Å²) in [4.78, 5) is 0.